The average Bonchev–Trinajstić information content (AvgIpc) is 2.36. The van der Waals surface area contributed by atoms with E-state index < -0.39 is 0 Å². The fourth-order valence-electron chi connectivity index (χ4n) is 1.45. The number of carbonyl (C=O) groups is 1. The molecule has 0 amide bonds. The first-order valence-corrected chi connectivity index (χ1v) is 6.45. The van der Waals surface area contributed by atoms with Crippen molar-refractivity contribution in [3.63, 3.8) is 0 Å². The molecule has 0 saturated carbocycles. The summed E-state index contributed by atoms with van der Waals surface area (Å²) in [6.45, 7) is 6.74. The van der Waals surface area contributed by atoms with E-state index in [0.717, 1.165) is 11.4 Å². The minimum Gasteiger partial charge on any atom is -0.491 e. The van der Waals surface area contributed by atoms with Gasteiger partial charge in [-0.05, 0) is 45.0 Å². The highest BCUT2D eigenvalue weighted by Gasteiger charge is 1.97. The molecule has 104 valence electrons. The zero-order valence-electron chi connectivity index (χ0n) is 11.7. The van der Waals surface area contributed by atoms with Gasteiger partial charge in [0.25, 0.3) is 0 Å². The lowest BCUT2D eigenvalue weighted by Crippen LogP contribution is -2.05. The molecule has 4 heteroatoms. The van der Waals surface area contributed by atoms with Gasteiger partial charge in [-0.3, -0.25) is 0 Å². The van der Waals surface area contributed by atoms with E-state index in [1.165, 1.54) is 6.08 Å². The molecular weight excluding hydrogens is 242 g/mol. The van der Waals surface area contributed by atoms with Crippen molar-refractivity contribution in [1.29, 1.82) is 0 Å². The molecule has 0 atom stereocenters. The highest BCUT2D eigenvalue weighted by Crippen LogP contribution is 2.16. The topological polar surface area (TPSA) is 47.6 Å². The second-order valence-corrected chi connectivity index (χ2v) is 4.23. The van der Waals surface area contributed by atoms with Crippen molar-refractivity contribution in [1.82, 2.24) is 0 Å². The van der Waals surface area contributed by atoms with Crippen molar-refractivity contribution in [3.05, 3.63) is 36.4 Å². The van der Waals surface area contributed by atoms with Gasteiger partial charge in [0.15, 0.2) is 0 Å². The van der Waals surface area contributed by atoms with Crippen molar-refractivity contribution in [2.24, 2.45) is 0 Å². The van der Waals surface area contributed by atoms with Crippen LogP contribution in [0, 0.1) is 0 Å². The van der Waals surface area contributed by atoms with Crippen LogP contribution >= 0.6 is 0 Å². The van der Waals surface area contributed by atoms with Gasteiger partial charge in [0, 0.05) is 18.3 Å². The number of benzene rings is 1. The second-order valence-electron chi connectivity index (χ2n) is 4.23. The summed E-state index contributed by atoms with van der Waals surface area (Å²) in [7, 11) is 0. The fraction of sp³-hybridized carbons (Fsp3) is 0.400. The molecule has 0 aliphatic rings. The van der Waals surface area contributed by atoms with Gasteiger partial charge in [-0.2, -0.15) is 0 Å². The Balaban J connectivity index is 2.35. The largest absolute Gasteiger partial charge is 0.491 e. The lowest BCUT2D eigenvalue weighted by atomic mass is 10.3. The lowest BCUT2D eigenvalue weighted by molar-refractivity contribution is -0.137. The number of rotatable bonds is 7. The summed E-state index contributed by atoms with van der Waals surface area (Å²) in [6, 6.07) is 7.71. The molecule has 0 aromatic heterocycles. The Bertz CT molecular complexity index is 410. The van der Waals surface area contributed by atoms with Crippen LogP contribution in [0.25, 0.3) is 0 Å². The van der Waals surface area contributed by atoms with Gasteiger partial charge >= 0.3 is 5.97 Å². The Hall–Kier alpha value is -1.97. The summed E-state index contributed by atoms with van der Waals surface area (Å²) in [4.78, 5) is 11.0. The van der Waals surface area contributed by atoms with Crippen LogP contribution in [-0.2, 0) is 9.53 Å². The van der Waals surface area contributed by atoms with E-state index in [2.05, 4.69) is 5.32 Å². The molecule has 0 saturated heterocycles. The molecule has 1 N–H and O–H groups in total. The van der Waals surface area contributed by atoms with Crippen LogP contribution in [0.3, 0.4) is 0 Å². The van der Waals surface area contributed by atoms with Crippen LogP contribution in [0.15, 0.2) is 36.4 Å². The quantitative estimate of drug-likeness (QED) is 0.607. The second kappa shape index (κ2) is 8.19. The molecule has 0 bridgehead atoms. The number of hydrogen-bond acceptors (Lipinski definition) is 4. The Morgan fingerprint density at radius 3 is 2.58 bits per heavy atom. The first-order valence-electron chi connectivity index (χ1n) is 6.45. The van der Waals surface area contributed by atoms with E-state index in [-0.39, 0.29) is 12.1 Å². The van der Waals surface area contributed by atoms with Gasteiger partial charge < -0.3 is 14.8 Å². The molecule has 0 unspecified atom stereocenters. The van der Waals surface area contributed by atoms with E-state index in [1.807, 2.05) is 38.1 Å². The van der Waals surface area contributed by atoms with Crippen LogP contribution in [-0.4, -0.2) is 25.2 Å². The van der Waals surface area contributed by atoms with Crippen LogP contribution in [0.5, 0.6) is 5.75 Å². The van der Waals surface area contributed by atoms with Gasteiger partial charge in [0.2, 0.25) is 0 Å². The first-order chi connectivity index (χ1) is 9.11. The van der Waals surface area contributed by atoms with Gasteiger partial charge in [-0.15, -0.1) is 0 Å². The molecule has 1 aromatic carbocycles. The predicted octanol–water partition coefficient (Wildman–Crippen LogP) is 3.01. The van der Waals surface area contributed by atoms with Crippen molar-refractivity contribution in [3.8, 4) is 5.75 Å². The van der Waals surface area contributed by atoms with Gasteiger partial charge in [0.1, 0.15) is 5.75 Å². The van der Waals surface area contributed by atoms with Crippen LogP contribution in [0.1, 0.15) is 20.8 Å². The molecule has 0 spiro atoms. The maximum absolute atomic E-state index is 11.0. The minimum atomic E-state index is -0.315. The minimum absolute atomic E-state index is 0.173. The third-order valence-electron chi connectivity index (χ3n) is 2.19. The van der Waals surface area contributed by atoms with Gasteiger partial charge in [0.05, 0.1) is 12.7 Å². The summed E-state index contributed by atoms with van der Waals surface area (Å²) in [5.41, 5.74) is 0.976. The Morgan fingerprint density at radius 1 is 1.32 bits per heavy atom. The maximum atomic E-state index is 11.0. The summed E-state index contributed by atoms with van der Waals surface area (Å²) in [5, 5.41) is 3.17. The smallest absolute Gasteiger partial charge is 0.330 e. The number of ether oxygens (including phenoxy) is 2. The molecule has 1 aromatic rings. The molecule has 0 fully saturated rings. The number of carbonyl (C=O) groups excluding carboxylic acids is 1. The Kier molecular flexibility index (Phi) is 6.50. The van der Waals surface area contributed by atoms with E-state index >= 15 is 0 Å². The highest BCUT2D eigenvalue weighted by atomic mass is 16.5. The van der Waals surface area contributed by atoms with Crippen LogP contribution in [0.2, 0.25) is 0 Å². The zero-order valence-corrected chi connectivity index (χ0v) is 11.7. The number of nitrogens with one attached hydrogen (secondary N) is 1. The number of hydrogen-bond donors (Lipinski definition) is 1. The summed E-state index contributed by atoms with van der Waals surface area (Å²) in [6.07, 6.45) is 3.33. The lowest BCUT2D eigenvalue weighted by Gasteiger charge is -2.10. The van der Waals surface area contributed by atoms with Gasteiger partial charge in [-0.1, -0.05) is 6.08 Å². The number of anilines is 1. The summed E-state index contributed by atoms with van der Waals surface area (Å²) in [5.74, 6) is 0.535. The van der Waals surface area contributed by atoms with Crippen molar-refractivity contribution in [2.45, 2.75) is 26.9 Å². The van der Waals surface area contributed by atoms with Crippen molar-refractivity contribution in [2.75, 3.05) is 18.5 Å². The molecule has 0 heterocycles. The van der Waals surface area contributed by atoms with Crippen LogP contribution in [0.4, 0.5) is 5.69 Å². The van der Waals surface area contributed by atoms with Crippen LogP contribution < -0.4 is 10.1 Å². The molecule has 1 rings (SSSR count). The summed E-state index contributed by atoms with van der Waals surface area (Å²) < 4.78 is 10.3. The monoisotopic (exact) mass is 263 g/mol. The van der Waals surface area contributed by atoms with E-state index in [1.54, 1.807) is 13.0 Å². The Morgan fingerprint density at radius 2 is 2.00 bits per heavy atom. The van der Waals surface area contributed by atoms with E-state index in [9.17, 15) is 4.79 Å². The predicted molar refractivity (Wildman–Crippen MR) is 76.5 cm³/mol. The molecule has 0 aliphatic carbocycles. The normalized spacial score (nSPS) is 10.7. The van der Waals surface area contributed by atoms with Gasteiger partial charge in [-0.25, -0.2) is 4.79 Å². The first kappa shape index (κ1) is 15.1. The Labute approximate surface area is 114 Å². The fourth-order valence-corrected chi connectivity index (χ4v) is 1.45. The number of esters is 1. The van der Waals surface area contributed by atoms with Crippen molar-refractivity contribution >= 4 is 11.7 Å². The molecule has 4 nitrogen and oxygen atoms in total. The van der Waals surface area contributed by atoms with Crippen molar-refractivity contribution < 1.29 is 14.3 Å². The maximum Gasteiger partial charge on any atom is 0.330 e. The average molecular weight is 263 g/mol. The molecular formula is C15H21NO3. The summed E-state index contributed by atoms with van der Waals surface area (Å²) >= 11 is 0. The standard InChI is InChI=1S/C15H21NO3/c1-4-18-15(17)6-5-11-16-13-7-9-14(10-8-13)19-12(2)3/h5-10,12,16H,4,11H2,1-3H3/b6-5+. The molecule has 0 radical (unpaired) electrons. The highest BCUT2D eigenvalue weighted by molar-refractivity contribution is 5.81. The molecule has 0 aliphatic heterocycles. The third-order valence-corrected chi connectivity index (χ3v) is 2.19. The van der Waals surface area contributed by atoms with E-state index in [4.69, 9.17) is 9.47 Å². The third kappa shape index (κ3) is 6.50. The zero-order chi connectivity index (χ0) is 14.1. The molecule has 19 heavy (non-hydrogen) atoms. The van der Waals surface area contributed by atoms with E-state index in [0.29, 0.717) is 13.2 Å². The SMILES string of the molecule is CCOC(=O)/C=C/CNc1ccc(OC(C)C)cc1.